The van der Waals surface area contributed by atoms with Crippen molar-refractivity contribution in [1.29, 1.82) is 0 Å². The smallest absolute Gasteiger partial charge is 0.234 e. The van der Waals surface area contributed by atoms with Crippen LogP contribution in [0.5, 0.6) is 11.5 Å². The standard InChI is InChI=1S/C13H19O3PS/c1-9-6-10-8-13(2,3)15-12(10)11(7-9)16-17(5,18)14-4/h6-7H,8H2,1-5H3. The van der Waals surface area contributed by atoms with Crippen LogP contribution in [0.15, 0.2) is 12.1 Å². The van der Waals surface area contributed by atoms with Gasteiger partial charge in [0.05, 0.1) is 0 Å². The predicted octanol–water partition coefficient (Wildman–Crippen LogP) is 3.67. The fourth-order valence-electron chi connectivity index (χ4n) is 2.11. The van der Waals surface area contributed by atoms with Crippen LogP contribution in [0.3, 0.4) is 0 Å². The van der Waals surface area contributed by atoms with Crippen molar-refractivity contribution < 1.29 is 13.8 Å². The summed E-state index contributed by atoms with van der Waals surface area (Å²) < 4.78 is 17.0. The van der Waals surface area contributed by atoms with E-state index in [0.717, 1.165) is 17.7 Å². The SMILES string of the molecule is COP(C)(=S)Oc1cc(C)cc2c1OC(C)(C)C2. The van der Waals surface area contributed by atoms with E-state index in [0.29, 0.717) is 5.75 Å². The summed E-state index contributed by atoms with van der Waals surface area (Å²) in [4.78, 5) is 0. The third-order valence-corrected chi connectivity index (χ3v) is 4.73. The number of benzene rings is 1. The van der Waals surface area contributed by atoms with E-state index in [4.69, 9.17) is 25.6 Å². The minimum Gasteiger partial charge on any atom is -0.483 e. The highest BCUT2D eigenvalue weighted by Crippen LogP contribution is 2.50. The van der Waals surface area contributed by atoms with Gasteiger partial charge in [0.25, 0.3) is 0 Å². The van der Waals surface area contributed by atoms with Gasteiger partial charge in [-0.15, -0.1) is 0 Å². The molecule has 1 aromatic carbocycles. The van der Waals surface area contributed by atoms with Gasteiger partial charge in [0.1, 0.15) is 5.60 Å². The van der Waals surface area contributed by atoms with E-state index in [-0.39, 0.29) is 5.60 Å². The molecule has 0 saturated carbocycles. The van der Waals surface area contributed by atoms with E-state index >= 15 is 0 Å². The zero-order valence-electron chi connectivity index (χ0n) is 11.4. The van der Waals surface area contributed by atoms with Crippen molar-refractivity contribution in [3.63, 3.8) is 0 Å². The van der Waals surface area contributed by atoms with Gasteiger partial charge in [-0.3, -0.25) is 0 Å². The molecule has 0 saturated heterocycles. The number of hydrogen-bond acceptors (Lipinski definition) is 4. The first-order chi connectivity index (χ1) is 8.22. The van der Waals surface area contributed by atoms with Gasteiger partial charge in [-0.05, 0) is 44.2 Å². The molecule has 1 unspecified atom stereocenters. The van der Waals surface area contributed by atoms with Crippen molar-refractivity contribution in [3.05, 3.63) is 23.3 Å². The Morgan fingerprint density at radius 3 is 2.67 bits per heavy atom. The molecule has 18 heavy (non-hydrogen) atoms. The van der Waals surface area contributed by atoms with Crippen molar-refractivity contribution in [2.24, 2.45) is 0 Å². The quantitative estimate of drug-likeness (QED) is 0.792. The number of ether oxygens (including phenoxy) is 1. The van der Waals surface area contributed by atoms with Gasteiger partial charge in [-0.1, -0.05) is 6.07 Å². The molecule has 1 aliphatic rings. The summed E-state index contributed by atoms with van der Waals surface area (Å²) in [6.07, 6.45) is 0.889. The first-order valence-electron chi connectivity index (χ1n) is 5.88. The van der Waals surface area contributed by atoms with Crippen LogP contribution in [0.2, 0.25) is 0 Å². The molecule has 0 N–H and O–H groups in total. The molecular weight excluding hydrogens is 267 g/mol. The zero-order chi connectivity index (χ0) is 13.6. The van der Waals surface area contributed by atoms with E-state index in [1.54, 1.807) is 7.11 Å². The van der Waals surface area contributed by atoms with Crippen molar-refractivity contribution >= 4 is 18.3 Å². The monoisotopic (exact) mass is 286 g/mol. The van der Waals surface area contributed by atoms with Crippen LogP contribution in [-0.2, 0) is 22.8 Å². The Labute approximate surface area is 114 Å². The molecule has 1 heterocycles. The highest BCUT2D eigenvalue weighted by atomic mass is 32.5. The Morgan fingerprint density at radius 1 is 1.39 bits per heavy atom. The second-order valence-corrected chi connectivity index (χ2v) is 9.42. The summed E-state index contributed by atoms with van der Waals surface area (Å²) in [5.41, 5.74) is 2.15. The molecule has 0 fully saturated rings. The van der Waals surface area contributed by atoms with Gasteiger partial charge in [0.15, 0.2) is 11.5 Å². The molecule has 1 aromatic rings. The van der Waals surface area contributed by atoms with Gasteiger partial charge in [0.2, 0.25) is 6.49 Å². The lowest BCUT2D eigenvalue weighted by Gasteiger charge is -2.21. The van der Waals surface area contributed by atoms with Gasteiger partial charge in [0, 0.05) is 25.8 Å². The molecular formula is C13H19O3PS. The summed E-state index contributed by atoms with van der Waals surface area (Å²) >= 11 is 5.31. The molecule has 0 aliphatic carbocycles. The summed E-state index contributed by atoms with van der Waals surface area (Å²) in [7, 11) is 1.58. The predicted molar refractivity (Wildman–Crippen MR) is 77.4 cm³/mol. The van der Waals surface area contributed by atoms with E-state index in [2.05, 4.69) is 19.9 Å². The molecule has 3 nitrogen and oxygen atoms in total. The Kier molecular flexibility index (Phi) is 3.48. The molecule has 0 amide bonds. The van der Waals surface area contributed by atoms with Gasteiger partial charge in [-0.25, -0.2) is 0 Å². The highest BCUT2D eigenvalue weighted by Gasteiger charge is 2.33. The van der Waals surface area contributed by atoms with E-state index in [9.17, 15) is 0 Å². The maximum atomic E-state index is 5.96. The van der Waals surface area contributed by atoms with Crippen LogP contribution in [0.4, 0.5) is 0 Å². The van der Waals surface area contributed by atoms with Crippen LogP contribution >= 0.6 is 6.49 Å². The Balaban J connectivity index is 2.42. The lowest BCUT2D eigenvalue weighted by Crippen LogP contribution is -2.24. The second-order valence-electron chi connectivity index (χ2n) is 5.34. The van der Waals surface area contributed by atoms with Crippen LogP contribution in [0, 0.1) is 6.92 Å². The molecule has 1 atom stereocenters. The van der Waals surface area contributed by atoms with Crippen LogP contribution in [-0.4, -0.2) is 19.4 Å². The summed E-state index contributed by atoms with van der Waals surface area (Å²) in [5.74, 6) is 1.53. The fraction of sp³-hybridized carbons (Fsp3) is 0.538. The minimum atomic E-state index is -2.24. The van der Waals surface area contributed by atoms with Crippen molar-refractivity contribution in [2.45, 2.75) is 32.8 Å². The highest BCUT2D eigenvalue weighted by molar-refractivity contribution is 8.09. The zero-order valence-corrected chi connectivity index (χ0v) is 13.2. The Hall–Kier alpha value is -0.570. The third kappa shape index (κ3) is 2.87. The van der Waals surface area contributed by atoms with Crippen LogP contribution < -0.4 is 9.26 Å². The first-order valence-corrected chi connectivity index (χ1v) is 8.96. The van der Waals surface area contributed by atoms with Crippen molar-refractivity contribution in [2.75, 3.05) is 13.8 Å². The molecule has 0 bridgehead atoms. The first kappa shape index (κ1) is 13.9. The van der Waals surface area contributed by atoms with Crippen LogP contribution in [0.1, 0.15) is 25.0 Å². The van der Waals surface area contributed by atoms with Gasteiger partial charge < -0.3 is 13.8 Å². The summed E-state index contributed by atoms with van der Waals surface area (Å²) in [6, 6.07) is 4.10. The summed E-state index contributed by atoms with van der Waals surface area (Å²) in [6.45, 7) is 5.77. The molecule has 100 valence electrons. The molecule has 5 heteroatoms. The maximum Gasteiger partial charge on any atom is 0.234 e. The lowest BCUT2D eigenvalue weighted by molar-refractivity contribution is 0.135. The molecule has 2 rings (SSSR count). The number of fused-ring (bicyclic) bond motifs is 1. The van der Waals surface area contributed by atoms with Gasteiger partial charge in [-0.2, -0.15) is 0 Å². The molecule has 1 aliphatic heterocycles. The topological polar surface area (TPSA) is 27.7 Å². The van der Waals surface area contributed by atoms with E-state index in [1.165, 1.54) is 5.56 Å². The van der Waals surface area contributed by atoms with Crippen molar-refractivity contribution in [1.82, 2.24) is 0 Å². The maximum absolute atomic E-state index is 5.96. The number of aryl methyl sites for hydroxylation is 1. The normalized spacial score (nSPS) is 19.8. The third-order valence-electron chi connectivity index (χ3n) is 2.87. The van der Waals surface area contributed by atoms with Gasteiger partial charge >= 0.3 is 0 Å². The second kappa shape index (κ2) is 4.52. The molecule has 0 radical (unpaired) electrons. The number of rotatable bonds is 3. The average molecular weight is 286 g/mol. The van der Waals surface area contributed by atoms with E-state index < -0.39 is 6.49 Å². The fourth-order valence-corrected chi connectivity index (χ4v) is 2.92. The molecule has 0 aromatic heterocycles. The van der Waals surface area contributed by atoms with E-state index in [1.807, 2.05) is 19.7 Å². The molecule has 0 spiro atoms. The van der Waals surface area contributed by atoms with Crippen molar-refractivity contribution in [3.8, 4) is 11.5 Å². The Bertz CT molecular complexity index is 525. The minimum absolute atomic E-state index is 0.183. The average Bonchev–Trinajstić information content (AvgIpc) is 2.52. The Morgan fingerprint density at radius 2 is 2.06 bits per heavy atom. The number of hydrogen-bond donors (Lipinski definition) is 0. The lowest BCUT2D eigenvalue weighted by atomic mass is 10.0. The summed E-state index contributed by atoms with van der Waals surface area (Å²) in [5, 5.41) is 0. The largest absolute Gasteiger partial charge is 0.483 e. The van der Waals surface area contributed by atoms with Crippen LogP contribution in [0.25, 0.3) is 0 Å².